The highest BCUT2D eigenvalue weighted by molar-refractivity contribution is 7.99. The molecule has 1 aliphatic heterocycles. The van der Waals surface area contributed by atoms with Gasteiger partial charge in [-0.15, -0.1) is 0 Å². The SMILES string of the molecule is C=CC(=O)Nc1ccc(Sc2ccnc(Nc3cccc(S(=O)(=O)C4CNCCO4)c3)n2)cc1. The molecule has 2 aromatic carbocycles. The molecule has 4 rings (SSSR count). The van der Waals surface area contributed by atoms with Crippen LogP contribution in [0.2, 0.25) is 0 Å². The minimum atomic E-state index is -3.64. The van der Waals surface area contributed by atoms with Gasteiger partial charge in [-0.2, -0.15) is 0 Å². The summed E-state index contributed by atoms with van der Waals surface area (Å²) in [5, 5.41) is 9.51. The number of morpholine rings is 1. The minimum Gasteiger partial charge on any atom is -0.359 e. The largest absolute Gasteiger partial charge is 0.359 e. The molecule has 2 heterocycles. The van der Waals surface area contributed by atoms with E-state index in [-0.39, 0.29) is 17.3 Å². The van der Waals surface area contributed by atoms with Crippen molar-refractivity contribution in [3.8, 4) is 0 Å². The number of ether oxygens (including phenoxy) is 1. The number of amides is 1. The maximum Gasteiger partial charge on any atom is 0.247 e. The van der Waals surface area contributed by atoms with Crippen LogP contribution in [0.5, 0.6) is 0 Å². The lowest BCUT2D eigenvalue weighted by Crippen LogP contribution is -2.43. The average Bonchev–Trinajstić information content (AvgIpc) is 2.86. The number of sulfone groups is 1. The highest BCUT2D eigenvalue weighted by Crippen LogP contribution is 2.28. The first-order valence-corrected chi connectivity index (χ1v) is 12.8. The highest BCUT2D eigenvalue weighted by atomic mass is 32.2. The summed E-state index contributed by atoms with van der Waals surface area (Å²) in [5.74, 6) is 0.0664. The molecule has 1 aromatic heterocycles. The van der Waals surface area contributed by atoms with Crippen LogP contribution in [0, 0.1) is 0 Å². The lowest BCUT2D eigenvalue weighted by atomic mass is 10.3. The summed E-state index contributed by atoms with van der Waals surface area (Å²) in [4.78, 5) is 21.2. The van der Waals surface area contributed by atoms with Gasteiger partial charge in [-0.25, -0.2) is 18.4 Å². The number of benzene rings is 2. The van der Waals surface area contributed by atoms with E-state index in [1.54, 1.807) is 48.7 Å². The summed E-state index contributed by atoms with van der Waals surface area (Å²) in [5.41, 5.74) is 0.307. The lowest BCUT2D eigenvalue weighted by Gasteiger charge is -2.23. The van der Waals surface area contributed by atoms with Gasteiger partial charge >= 0.3 is 0 Å². The molecule has 3 aromatic rings. The third-order valence-corrected chi connectivity index (χ3v) is 7.67. The molecule has 0 radical (unpaired) electrons. The van der Waals surface area contributed by atoms with E-state index in [2.05, 4.69) is 32.5 Å². The van der Waals surface area contributed by atoms with Crippen LogP contribution in [0.3, 0.4) is 0 Å². The maximum absolute atomic E-state index is 12.9. The van der Waals surface area contributed by atoms with Crippen LogP contribution in [-0.2, 0) is 19.4 Å². The molecule has 34 heavy (non-hydrogen) atoms. The molecule has 1 saturated heterocycles. The van der Waals surface area contributed by atoms with E-state index in [9.17, 15) is 13.2 Å². The van der Waals surface area contributed by atoms with Gasteiger partial charge in [-0.3, -0.25) is 4.79 Å². The van der Waals surface area contributed by atoms with Gasteiger partial charge in [-0.1, -0.05) is 24.4 Å². The monoisotopic (exact) mass is 497 g/mol. The van der Waals surface area contributed by atoms with Gasteiger partial charge in [0.15, 0.2) is 5.44 Å². The van der Waals surface area contributed by atoms with Gasteiger partial charge in [0, 0.05) is 35.6 Å². The first kappa shape index (κ1) is 23.9. The topological polar surface area (TPSA) is 122 Å². The third kappa shape index (κ3) is 6.00. The third-order valence-electron chi connectivity index (χ3n) is 4.82. The zero-order chi connectivity index (χ0) is 24.0. The second-order valence-electron chi connectivity index (χ2n) is 7.24. The van der Waals surface area contributed by atoms with E-state index in [1.807, 2.05) is 12.1 Å². The van der Waals surface area contributed by atoms with Crippen molar-refractivity contribution in [3.63, 3.8) is 0 Å². The Bertz CT molecular complexity index is 1280. The molecule has 9 nitrogen and oxygen atoms in total. The Morgan fingerprint density at radius 3 is 2.74 bits per heavy atom. The van der Waals surface area contributed by atoms with Crippen LogP contribution in [0.25, 0.3) is 0 Å². The van der Waals surface area contributed by atoms with Crippen LogP contribution in [0.4, 0.5) is 17.3 Å². The summed E-state index contributed by atoms with van der Waals surface area (Å²) in [7, 11) is -3.64. The summed E-state index contributed by atoms with van der Waals surface area (Å²) in [6, 6.07) is 15.6. The molecule has 0 bridgehead atoms. The van der Waals surface area contributed by atoms with Crippen LogP contribution in [-0.4, -0.2) is 49.4 Å². The molecule has 1 aliphatic rings. The number of anilines is 3. The van der Waals surface area contributed by atoms with Crippen molar-refractivity contribution in [1.82, 2.24) is 15.3 Å². The number of nitrogens with zero attached hydrogens (tertiary/aromatic N) is 2. The standard InChI is InChI=1S/C23H23N5O4S2/c1-2-20(29)26-16-6-8-18(9-7-16)33-21-10-11-25-23(28-21)27-17-4-3-5-19(14-17)34(30,31)22-15-24-12-13-32-22/h2-11,14,22,24H,1,12-13,15H2,(H,26,29)(H,25,27,28). The predicted octanol–water partition coefficient (Wildman–Crippen LogP) is 3.22. The Hall–Kier alpha value is -3.25. The zero-order valence-corrected chi connectivity index (χ0v) is 19.7. The number of hydrogen-bond acceptors (Lipinski definition) is 9. The fourth-order valence-corrected chi connectivity index (χ4v) is 5.40. The number of hydrogen-bond donors (Lipinski definition) is 3. The second kappa shape index (κ2) is 10.8. The first-order valence-electron chi connectivity index (χ1n) is 10.4. The molecule has 1 atom stereocenters. The van der Waals surface area contributed by atoms with Crippen LogP contribution >= 0.6 is 11.8 Å². The zero-order valence-electron chi connectivity index (χ0n) is 18.1. The first-order chi connectivity index (χ1) is 16.4. The van der Waals surface area contributed by atoms with Gasteiger partial charge in [0.05, 0.1) is 11.5 Å². The Labute approximate surface area is 202 Å². The van der Waals surface area contributed by atoms with Crippen molar-refractivity contribution in [2.24, 2.45) is 0 Å². The summed E-state index contributed by atoms with van der Waals surface area (Å²) < 4.78 is 31.2. The molecule has 0 aliphatic carbocycles. The van der Waals surface area contributed by atoms with E-state index in [1.165, 1.54) is 17.8 Å². The lowest BCUT2D eigenvalue weighted by molar-refractivity contribution is -0.111. The normalized spacial score (nSPS) is 15.9. The molecule has 1 fully saturated rings. The van der Waals surface area contributed by atoms with Crippen molar-refractivity contribution in [1.29, 1.82) is 0 Å². The molecular weight excluding hydrogens is 474 g/mol. The van der Waals surface area contributed by atoms with E-state index >= 15 is 0 Å². The summed E-state index contributed by atoms with van der Waals surface area (Å²) in [6.45, 7) is 4.67. The van der Waals surface area contributed by atoms with E-state index in [0.717, 1.165) is 4.90 Å². The Balaban J connectivity index is 1.45. The smallest absolute Gasteiger partial charge is 0.247 e. The molecule has 176 valence electrons. The van der Waals surface area contributed by atoms with Crippen LogP contribution in [0.15, 0.2) is 88.3 Å². The maximum atomic E-state index is 12.9. The van der Waals surface area contributed by atoms with Crippen molar-refractivity contribution in [2.75, 3.05) is 30.3 Å². The second-order valence-corrected chi connectivity index (χ2v) is 10.4. The average molecular weight is 498 g/mol. The Kier molecular flexibility index (Phi) is 7.58. The quantitative estimate of drug-likeness (QED) is 0.318. The highest BCUT2D eigenvalue weighted by Gasteiger charge is 2.30. The van der Waals surface area contributed by atoms with Crippen molar-refractivity contribution in [3.05, 3.63) is 73.4 Å². The van der Waals surface area contributed by atoms with Gasteiger partial charge in [0.2, 0.25) is 21.7 Å². The molecule has 3 N–H and O–H groups in total. The Morgan fingerprint density at radius 1 is 1.18 bits per heavy atom. The molecule has 1 amide bonds. The number of carbonyl (C=O) groups is 1. The molecular formula is C23H23N5O4S2. The molecule has 1 unspecified atom stereocenters. The summed E-state index contributed by atoms with van der Waals surface area (Å²) >= 11 is 1.43. The van der Waals surface area contributed by atoms with Gasteiger partial charge in [0.25, 0.3) is 0 Å². The van der Waals surface area contributed by atoms with E-state index in [0.29, 0.717) is 35.5 Å². The number of rotatable bonds is 8. The predicted molar refractivity (Wildman–Crippen MR) is 131 cm³/mol. The van der Waals surface area contributed by atoms with Crippen molar-refractivity contribution < 1.29 is 17.9 Å². The van der Waals surface area contributed by atoms with Crippen molar-refractivity contribution in [2.45, 2.75) is 20.3 Å². The van der Waals surface area contributed by atoms with Crippen LogP contribution < -0.4 is 16.0 Å². The van der Waals surface area contributed by atoms with Gasteiger partial charge in [-0.05, 0) is 54.6 Å². The van der Waals surface area contributed by atoms with E-state index in [4.69, 9.17) is 4.74 Å². The van der Waals surface area contributed by atoms with Gasteiger partial charge in [0.1, 0.15) is 5.03 Å². The molecule has 11 heteroatoms. The Morgan fingerprint density at radius 2 is 2.00 bits per heavy atom. The van der Waals surface area contributed by atoms with Crippen molar-refractivity contribution >= 4 is 44.8 Å². The number of aromatic nitrogens is 2. The number of carbonyl (C=O) groups excluding carboxylic acids is 1. The van der Waals surface area contributed by atoms with E-state index < -0.39 is 15.3 Å². The summed E-state index contributed by atoms with van der Waals surface area (Å²) in [6.07, 6.45) is 2.84. The molecule has 0 saturated carbocycles. The fourth-order valence-electron chi connectivity index (χ4n) is 3.15. The fraction of sp³-hybridized carbons (Fsp3) is 0.174. The molecule has 0 spiro atoms. The minimum absolute atomic E-state index is 0.167. The number of nitrogens with one attached hydrogen (secondary N) is 3. The van der Waals surface area contributed by atoms with Gasteiger partial charge < -0.3 is 20.7 Å². The van der Waals surface area contributed by atoms with Crippen LogP contribution in [0.1, 0.15) is 0 Å².